The number of carbonyl (C=O) groups is 1. The maximum atomic E-state index is 10.9. The first kappa shape index (κ1) is 7.06. The summed E-state index contributed by atoms with van der Waals surface area (Å²) in [6.45, 7) is 2.23. The highest BCUT2D eigenvalue weighted by atomic mass is 16.7. The Hall–Kier alpha value is -0.610. The van der Waals surface area contributed by atoms with E-state index >= 15 is 0 Å². The second-order valence-corrected chi connectivity index (χ2v) is 3.08. The van der Waals surface area contributed by atoms with Gasteiger partial charge in [-0.1, -0.05) is 6.92 Å². The lowest BCUT2D eigenvalue weighted by Gasteiger charge is -2.08. The molecule has 2 saturated heterocycles. The highest BCUT2D eigenvalue weighted by Crippen LogP contribution is 2.35. The van der Waals surface area contributed by atoms with E-state index in [-0.39, 0.29) is 17.8 Å². The molecule has 0 saturated carbocycles. The van der Waals surface area contributed by atoms with Crippen molar-refractivity contribution in [3.8, 4) is 0 Å². The van der Waals surface area contributed by atoms with Gasteiger partial charge in [0.05, 0.1) is 12.5 Å². The molecule has 0 amide bonds. The molecule has 4 atom stereocenters. The van der Waals surface area contributed by atoms with E-state index in [0.29, 0.717) is 6.61 Å². The summed E-state index contributed by atoms with van der Waals surface area (Å²) in [7, 11) is 0. The Labute approximate surface area is 64.1 Å². The van der Waals surface area contributed by atoms with Crippen LogP contribution in [-0.2, 0) is 14.3 Å². The van der Waals surface area contributed by atoms with Crippen molar-refractivity contribution in [2.75, 3.05) is 6.61 Å². The molecule has 2 heterocycles. The maximum Gasteiger partial charge on any atom is 0.309 e. The largest absolute Gasteiger partial charge is 0.456 e. The number of hydrogen-bond acceptors (Lipinski definition) is 4. The van der Waals surface area contributed by atoms with Crippen molar-refractivity contribution in [3.63, 3.8) is 0 Å². The van der Waals surface area contributed by atoms with Crippen molar-refractivity contribution in [1.82, 2.24) is 0 Å². The number of hydrogen-bond donors (Lipinski definition) is 1. The van der Waals surface area contributed by atoms with E-state index < -0.39 is 12.4 Å². The topological polar surface area (TPSA) is 55.8 Å². The number of rotatable bonds is 0. The Balaban J connectivity index is 2.18. The van der Waals surface area contributed by atoms with E-state index in [1.54, 1.807) is 6.92 Å². The van der Waals surface area contributed by atoms with Gasteiger partial charge in [-0.05, 0) is 0 Å². The molecule has 62 valence electrons. The van der Waals surface area contributed by atoms with Crippen LogP contribution in [0.5, 0.6) is 0 Å². The van der Waals surface area contributed by atoms with Crippen LogP contribution in [0.1, 0.15) is 6.92 Å². The second-order valence-electron chi connectivity index (χ2n) is 3.08. The molecule has 2 aliphatic heterocycles. The molecular formula is C7H10O4. The molecule has 2 aliphatic rings. The molecule has 4 nitrogen and oxygen atoms in total. The molecule has 1 N–H and O–H groups in total. The van der Waals surface area contributed by atoms with E-state index in [2.05, 4.69) is 0 Å². The molecule has 0 aromatic carbocycles. The van der Waals surface area contributed by atoms with Gasteiger partial charge in [-0.2, -0.15) is 0 Å². The van der Waals surface area contributed by atoms with Gasteiger partial charge in [0.1, 0.15) is 0 Å². The van der Waals surface area contributed by atoms with Crippen LogP contribution < -0.4 is 0 Å². The van der Waals surface area contributed by atoms with E-state index in [1.165, 1.54) is 0 Å². The summed E-state index contributed by atoms with van der Waals surface area (Å²) < 4.78 is 9.81. The summed E-state index contributed by atoms with van der Waals surface area (Å²) in [5.74, 6) is -0.294. The molecule has 0 radical (unpaired) electrons. The minimum atomic E-state index is -0.908. The van der Waals surface area contributed by atoms with Crippen LogP contribution in [0.2, 0.25) is 0 Å². The summed E-state index contributed by atoms with van der Waals surface area (Å²) in [5, 5.41) is 9.14. The van der Waals surface area contributed by atoms with Crippen molar-refractivity contribution >= 4 is 5.97 Å². The lowest BCUT2D eigenvalue weighted by molar-refractivity contribution is -0.161. The summed E-state index contributed by atoms with van der Waals surface area (Å²) in [6, 6.07) is 0. The fourth-order valence-corrected chi connectivity index (χ4v) is 1.60. The first-order chi connectivity index (χ1) is 5.20. The molecule has 4 heteroatoms. The van der Waals surface area contributed by atoms with Crippen LogP contribution in [0.4, 0.5) is 0 Å². The van der Waals surface area contributed by atoms with Crippen molar-refractivity contribution in [2.45, 2.75) is 19.3 Å². The van der Waals surface area contributed by atoms with Crippen LogP contribution in [0.25, 0.3) is 0 Å². The predicted molar refractivity (Wildman–Crippen MR) is 34.5 cm³/mol. The third-order valence-corrected chi connectivity index (χ3v) is 2.43. The SMILES string of the molecule is C[C@H]1C(=O)O[C@H]2[C@@H]1CO[C@@H]2O. The minimum absolute atomic E-state index is 0.0532. The summed E-state index contributed by atoms with van der Waals surface area (Å²) in [4.78, 5) is 10.9. The van der Waals surface area contributed by atoms with Crippen molar-refractivity contribution in [1.29, 1.82) is 0 Å². The quantitative estimate of drug-likeness (QED) is 0.483. The first-order valence-electron chi connectivity index (χ1n) is 3.70. The zero-order valence-corrected chi connectivity index (χ0v) is 6.19. The van der Waals surface area contributed by atoms with Crippen molar-refractivity contribution < 1.29 is 19.4 Å². The molecule has 0 aliphatic carbocycles. The van der Waals surface area contributed by atoms with Crippen molar-refractivity contribution in [2.24, 2.45) is 11.8 Å². The van der Waals surface area contributed by atoms with Gasteiger partial charge in [0.25, 0.3) is 0 Å². The monoisotopic (exact) mass is 158 g/mol. The van der Waals surface area contributed by atoms with Crippen LogP contribution in [0.15, 0.2) is 0 Å². The molecule has 2 fully saturated rings. The number of aliphatic hydroxyl groups excluding tert-OH is 1. The molecule has 0 unspecified atom stereocenters. The summed E-state index contributed by atoms with van der Waals surface area (Å²) in [6.07, 6.45) is -1.33. The van der Waals surface area contributed by atoms with Gasteiger partial charge in [0.2, 0.25) is 0 Å². The zero-order valence-electron chi connectivity index (χ0n) is 6.19. The fraction of sp³-hybridized carbons (Fsp3) is 0.857. The third-order valence-electron chi connectivity index (χ3n) is 2.43. The van der Waals surface area contributed by atoms with Crippen molar-refractivity contribution in [3.05, 3.63) is 0 Å². The Morgan fingerprint density at radius 3 is 3.00 bits per heavy atom. The van der Waals surface area contributed by atoms with Gasteiger partial charge in [0.15, 0.2) is 12.4 Å². The molecular weight excluding hydrogens is 148 g/mol. The maximum absolute atomic E-state index is 10.9. The number of ether oxygens (including phenoxy) is 2. The standard InChI is InChI=1S/C7H10O4/c1-3-4-2-10-7(9)5(4)11-6(3)8/h3-5,7,9H,2H2,1H3/t3-,4-,5+,7+/m1/s1. The lowest BCUT2D eigenvalue weighted by atomic mass is 9.94. The van der Waals surface area contributed by atoms with Gasteiger partial charge < -0.3 is 14.6 Å². The second kappa shape index (κ2) is 2.19. The normalized spacial score (nSPS) is 49.1. The van der Waals surface area contributed by atoms with Gasteiger partial charge in [-0.25, -0.2) is 0 Å². The fourth-order valence-electron chi connectivity index (χ4n) is 1.60. The van der Waals surface area contributed by atoms with Crippen LogP contribution in [-0.4, -0.2) is 30.1 Å². The number of fused-ring (bicyclic) bond motifs is 1. The Kier molecular flexibility index (Phi) is 1.40. The van der Waals surface area contributed by atoms with Gasteiger partial charge in [0, 0.05) is 5.92 Å². The van der Waals surface area contributed by atoms with E-state index in [4.69, 9.17) is 14.6 Å². The van der Waals surface area contributed by atoms with Crippen LogP contribution in [0.3, 0.4) is 0 Å². The molecule has 11 heavy (non-hydrogen) atoms. The van der Waals surface area contributed by atoms with E-state index in [9.17, 15) is 4.79 Å². The molecule has 0 spiro atoms. The first-order valence-corrected chi connectivity index (χ1v) is 3.70. The Bertz CT molecular complexity index is 191. The van der Waals surface area contributed by atoms with Gasteiger partial charge in [-0.15, -0.1) is 0 Å². The highest BCUT2D eigenvalue weighted by molar-refractivity contribution is 5.75. The average Bonchev–Trinajstić information content (AvgIpc) is 2.43. The highest BCUT2D eigenvalue weighted by Gasteiger charge is 2.50. The Morgan fingerprint density at radius 2 is 2.36 bits per heavy atom. The molecule has 0 bridgehead atoms. The average molecular weight is 158 g/mol. The molecule has 0 aromatic heterocycles. The van der Waals surface area contributed by atoms with Crippen LogP contribution >= 0.6 is 0 Å². The molecule has 2 rings (SSSR count). The van der Waals surface area contributed by atoms with Crippen LogP contribution in [0, 0.1) is 11.8 Å². The molecule has 0 aromatic rings. The summed E-state index contributed by atoms with van der Waals surface area (Å²) in [5.41, 5.74) is 0. The number of aliphatic hydroxyl groups is 1. The third kappa shape index (κ3) is 0.862. The lowest BCUT2D eigenvalue weighted by Crippen LogP contribution is -2.24. The predicted octanol–water partition coefficient (Wildman–Crippen LogP) is -0.487. The van der Waals surface area contributed by atoms with Gasteiger partial charge >= 0.3 is 5.97 Å². The van der Waals surface area contributed by atoms with Gasteiger partial charge in [-0.3, -0.25) is 4.79 Å². The number of carbonyl (C=O) groups excluding carboxylic acids is 1. The van der Waals surface area contributed by atoms with E-state index in [1.807, 2.05) is 0 Å². The number of esters is 1. The summed E-state index contributed by atoms with van der Waals surface area (Å²) >= 11 is 0. The Morgan fingerprint density at radius 1 is 1.64 bits per heavy atom. The minimum Gasteiger partial charge on any atom is -0.456 e. The van der Waals surface area contributed by atoms with E-state index in [0.717, 1.165) is 0 Å². The zero-order chi connectivity index (χ0) is 8.01. The smallest absolute Gasteiger partial charge is 0.309 e.